The Bertz CT molecular complexity index is 1060. The lowest BCUT2D eigenvalue weighted by Crippen LogP contribution is -1.99. The molecule has 0 heterocycles. The van der Waals surface area contributed by atoms with E-state index in [1.807, 2.05) is 18.2 Å². The predicted molar refractivity (Wildman–Crippen MR) is 129 cm³/mol. The van der Waals surface area contributed by atoms with Crippen molar-refractivity contribution in [2.45, 2.75) is 12.8 Å². The standard InChI is InChI=1S/C14H15N.C12H11O4P/c15-14-10-8-13(9-11-14)7-6-12-4-2-1-3-5-12;13-17(14,15-11-7-3-1-4-8-11)16-12-9-5-2-6-10-12/h1-5,8-11H,6-7,15H2;1-10H,(H,13,14). The lowest BCUT2D eigenvalue weighted by atomic mass is 10.0. The second kappa shape index (κ2) is 11.8. The van der Waals surface area contributed by atoms with Gasteiger partial charge in [0.15, 0.2) is 0 Å². The average Bonchev–Trinajstić information content (AvgIpc) is 2.80. The lowest BCUT2D eigenvalue weighted by molar-refractivity contribution is 0.291. The number of rotatable bonds is 7. The predicted octanol–water partition coefficient (Wildman–Crippen LogP) is 6.30. The minimum Gasteiger partial charge on any atom is -0.399 e. The van der Waals surface area contributed by atoms with E-state index in [2.05, 4.69) is 36.4 Å². The summed E-state index contributed by atoms with van der Waals surface area (Å²) in [5.41, 5.74) is 9.19. The van der Waals surface area contributed by atoms with Gasteiger partial charge in [-0.2, -0.15) is 0 Å². The van der Waals surface area contributed by atoms with Gasteiger partial charge >= 0.3 is 7.82 Å². The van der Waals surface area contributed by atoms with Gasteiger partial charge in [0.2, 0.25) is 0 Å². The first kappa shape index (κ1) is 23.1. The van der Waals surface area contributed by atoms with Crippen LogP contribution in [-0.4, -0.2) is 4.89 Å². The van der Waals surface area contributed by atoms with Crippen molar-refractivity contribution in [2.24, 2.45) is 0 Å². The van der Waals surface area contributed by atoms with Crippen LogP contribution in [0.4, 0.5) is 5.69 Å². The van der Waals surface area contributed by atoms with Crippen molar-refractivity contribution in [3.05, 3.63) is 126 Å². The Morgan fingerprint density at radius 1 is 0.594 bits per heavy atom. The van der Waals surface area contributed by atoms with Crippen LogP contribution in [0, 0.1) is 0 Å². The Morgan fingerprint density at radius 3 is 1.41 bits per heavy atom. The summed E-state index contributed by atoms with van der Waals surface area (Å²) in [5.74, 6) is 0.573. The number of benzene rings is 4. The summed E-state index contributed by atoms with van der Waals surface area (Å²) < 4.78 is 21.5. The molecule has 3 N–H and O–H groups in total. The average molecular weight is 447 g/mol. The molecule has 0 fully saturated rings. The molecule has 0 amide bonds. The molecule has 5 nitrogen and oxygen atoms in total. The van der Waals surface area contributed by atoms with E-state index in [4.69, 9.17) is 14.8 Å². The summed E-state index contributed by atoms with van der Waals surface area (Å²) in [6, 6.07) is 35.4. The molecule has 0 radical (unpaired) electrons. The minimum atomic E-state index is -4.14. The van der Waals surface area contributed by atoms with Crippen LogP contribution in [-0.2, 0) is 17.4 Å². The molecule has 4 rings (SSSR count). The normalized spacial score (nSPS) is 10.5. The molecule has 0 aromatic heterocycles. The van der Waals surface area contributed by atoms with E-state index in [1.54, 1.807) is 60.7 Å². The molecule has 6 heteroatoms. The van der Waals surface area contributed by atoms with Gasteiger partial charge in [-0.3, -0.25) is 4.89 Å². The van der Waals surface area contributed by atoms with Crippen LogP contribution in [0.2, 0.25) is 0 Å². The Morgan fingerprint density at radius 2 is 0.969 bits per heavy atom. The smallest absolute Gasteiger partial charge is 0.399 e. The number of anilines is 1. The minimum absolute atomic E-state index is 0.286. The van der Waals surface area contributed by atoms with Crippen molar-refractivity contribution in [1.29, 1.82) is 0 Å². The molecule has 0 unspecified atom stereocenters. The van der Waals surface area contributed by atoms with Crippen molar-refractivity contribution in [3.8, 4) is 11.5 Å². The summed E-state index contributed by atoms with van der Waals surface area (Å²) in [5, 5.41) is 0. The van der Waals surface area contributed by atoms with E-state index in [0.29, 0.717) is 0 Å². The third kappa shape index (κ3) is 8.31. The highest BCUT2D eigenvalue weighted by Crippen LogP contribution is 2.44. The van der Waals surface area contributed by atoms with Crippen molar-refractivity contribution in [3.63, 3.8) is 0 Å². The highest BCUT2D eigenvalue weighted by Gasteiger charge is 2.24. The topological polar surface area (TPSA) is 81.8 Å². The summed E-state index contributed by atoms with van der Waals surface area (Å²) in [7, 11) is -4.14. The van der Waals surface area contributed by atoms with E-state index < -0.39 is 7.82 Å². The molecule has 4 aromatic rings. The monoisotopic (exact) mass is 447 g/mol. The van der Waals surface area contributed by atoms with Crippen LogP contribution in [0.25, 0.3) is 0 Å². The molecular weight excluding hydrogens is 421 g/mol. The molecule has 0 aliphatic heterocycles. The number of hydrogen-bond acceptors (Lipinski definition) is 4. The van der Waals surface area contributed by atoms with E-state index in [0.717, 1.165) is 18.5 Å². The molecule has 0 aliphatic rings. The number of aryl methyl sites for hydroxylation is 2. The van der Waals surface area contributed by atoms with E-state index in [1.165, 1.54) is 11.1 Å². The van der Waals surface area contributed by atoms with Gasteiger partial charge in [0.1, 0.15) is 11.5 Å². The maximum atomic E-state index is 11.7. The van der Waals surface area contributed by atoms with Gasteiger partial charge in [0.05, 0.1) is 0 Å². The van der Waals surface area contributed by atoms with Gasteiger partial charge in [-0.25, -0.2) is 4.57 Å². The van der Waals surface area contributed by atoms with Crippen LogP contribution < -0.4 is 14.8 Å². The zero-order valence-corrected chi connectivity index (χ0v) is 18.5. The maximum absolute atomic E-state index is 11.7. The van der Waals surface area contributed by atoms with Crippen molar-refractivity contribution in [1.82, 2.24) is 0 Å². The second-order valence-electron chi connectivity index (χ2n) is 7.00. The molecule has 32 heavy (non-hydrogen) atoms. The van der Waals surface area contributed by atoms with Crippen LogP contribution in [0.1, 0.15) is 11.1 Å². The largest absolute Gasteiger partial charge is 0.584 e. The SMILES string of the molecule is Nc1ccc(CCc2ccccc2)cc1.O=P(O)(Oc1ccccc1)Oc1ccccc1. The first-order valence-corrected chi connectivity index (χ1v) is 11.7. The molecular formula is C26H26NO4P. The molecule has 0 saturated heterocycles. The fraction of sp³-hybridized carbons (Fsp3) is 0.0769. The van der Waals surface area contributed by atoms with Crippen molar-refractivity contribution < 1.29 is 18.5 Å². The van der Waals surface area contributed by atoms with Crippen LogP contribution >= 0.6 is 7.82 Å². The third-order valence-corrected chi connectivity index (χ3v) is 5.34. The molecule has 0 bridgehead atoms. The van der Waals surface area contributed by atoms with Gasteiger partial charge in [-0.1, -0.05) is 78.9 Å². The lowest BCUT2D eigenvalue weighted by Gasteiger charge is -2.13. The van der Waals surface area contributed by atoms with E-state index in [-0.39, 0.29) is 11.5 Å². The Balaban J connectivity index is 0.000000182. The highest BCUT2D eigenvalue weighted by atomic mass is 31.2. The number of phosphoric acid groups is 1. The fourth-order valence-corrected chi connectivity index (χ4v) is 3.68. The van der Waals surface area contributed by atoms with Gasteiger partial charge in [0.25, 0.3) is 0 Å². The van der Waals surface area contributed by atoms with Gasteiger partial charge < -0.3 is 14.8 Å². The highest BCUT2D eigenvalue weighted by molar-refractivity contribution is 7.48. The van der Waals surface area contributed by atoms with Crippen LogP contribution in [0.15, 0.2) is 115 Å². The first-order chi connectivity index (χ1) is 15.5. The molecule has 0 aliphatic carbocycles. The van der Waals surface area contributed by atoms with Crippen molar-refractivity contribution >= 4 is 13.5 Å². The molecule has 4 aromatic carbocycles. The summed E-state index contributed by atoms with van der Waals surface area (Å²) >= 11 is 0. The zero-order valence-electron chi connectivity index (χ0n) is 17.6. The number of phosphoric ester groups is 1. The molecule has 164 valence electrons. The van der Waals surface area contributed by atoms with Crippen molar-refractivity contribution in [2.75, 3.05) is 5.73 Å². The number of para-hydroxylation sites is 2. The Kier molecular flexibility index (Phi) is 8.50. The number of hydrogen-bond donors (Lipinski definition) is 2. The third-order valence-electron chi connectivity index (χ3n) is 4.45. The molecule has 0 saturated carbocycles. The van der Waals surface area contributed by atoms with E-state index >= 15 is 0 Å². The second-order valence-corrected chi connectivity index (χ2v) is 8.31. The van der Waals surface area contributed by atoms with Gasteiger partial charge in [0, 0.05) is 5.69 Å². The van der Waals surface area contributed by atoms with Crippen LogP contribution in [0.3, 0.4) is 0 Å². The first-order valence-electron chi connectivity index (χ1n) is 10.2. The van der Waals surface area contributed by atoms with Gasteiger partial charge in [-0.15, -0.1) is 0 Å². The summed E-state index contributed by atoms with van der Waals surface area (Å²) in [6.07, 6.45) is 2.16. The maximum Gasteiger partial charge on any atom is 0.584 e. The Labute approximate surface area is 188 Å². The van der Waals surface area contributed by atoms with Gasteiger partial charge in [-0.05, 0) is 60.4 Å². The quantitative estimate of drug-likeness (QED) is 0.257. The molecule has 0 atom stereocenters. The molecule has 0 spiro atoms. The fourth-order valence-electron chi connectivity index (χ4n) is 2.87. The van der Waals surface area contributed by atoms with Crippen LogP contribution in [0.5, 0.6) is 11.5 Å². The van der Waals surface area contributed by atoms with E-state index in [9.17, 15) is 9.46 Å². The summed E-state index contributed by atoms with van der Waals surface area (Å²) in [6.45, 7) is 0. The Hall–Kier alpha value is -3.53. The summed E-state index contributed by atoms with van der Waals surface area (Å²) in [4.78, 5) is 9.53. The number of nitrogens with two attached hydrogens (primary N) is 1. The number of nitrogen functional groups attached to an aromatic ring is 1. The zero-order chi connectivity index (χ0) is 22.7.